The van der Waals surface area contributed by atoms with Gasteiger partial charge in [-0.15, -0.1) is 11.6 Å². The van der Waals surface area contributed by atoms with Gasteiger partial charge >= 0.3 is 0 Å². The van der Waals surface area contributed by atoms with Crippen LogP contribution in [0.2, 0.25) is 5.02 Å². The van der Waals surface area contributed by atoms with E-state index in [-0.39, 0.29) is 0 Å². The van der Waals surface area contributed by atoms with Gasteiger partial charge in [0.05, 0.1) is 24.8 Å². The number of hydrogen-bond donors (Lipinski definition) is 0. The Kier molecular flexibility index (Phi) is 5.96. The third-order valence-corrected chi connectivity index (χ3v) is 2.71. The van der Waals surface area contributed by atoms with Crippen LogP contribution in [0.25, 0.3) is 0 Å². The summed E-state index contributed by atoms with van der Waals surface area (Å²) in [5.74, 6) is 1.43. The fourth-order valence-corrected chi connectivity index (χ4v) is 1.76. The third kappa shape index (κ3) is 3.99. The minimum atomic E-state index is 0.366. The number of halogens is 2. The van der Waals surface area contributed by atoms with E-state index in [9.17, 15) is 0 Å². The standard InChI is InChI=1S/C12H13Cl2NO2/c1-16-11-7-9(8-13)6-10(14)12(11)17-5-3-2-4-15/h6-7H,2-3,5,8H2,1H3. The molecular weight excluding hydrogens is 261 g/mol. The van der Waals surface area contributed by atoms with Crippen molar-refractivity contribution in [2.45, 2.75) is 18.7 Å². The van der Waals surface area contributed by atoms with E-state index in [1.54, 1.807) is 19.2 Å². The highest BCUT2D eigenvalue weighted by atomic mass is 35.5. The van der Waals surface area contributed by atoms with Gasteiger partial charge in [-0.05, 0) is 24.1 Å². The molecule has 0 N–H and O–H groups in total. The molecule has 0 fully saturated rings. The first-order chi connectivity index (χ1) is 8.22. The van der Waals surface area contributed by atoms with Gasteiger partial charge in [-0.25, -0.2) is 0 Å². The van der Waals surface area contributed by atoms with Gasteiger partial charge in [0.15, 0.2) is 11.5 Å². The fourth-order valence-electron chi connectivity index (χ4n) is 1.32. The molecule has 0 heterocycles. The average Bonchev–Trinajstić information content (AvgIpc) is 2.35. The second kappa shape index (κ2) is 7.26. The van der Waals surface area contributed by atoms with E-state index in [1.807, 2.05) is 0 Å². The smallest absolute Gasteiger partial charge is 0.179 e. The first-order valence-electron chi connectivity index (χ1n) is 5.15. The summed E-state index contributed by atoms with van der Waals surface area (Å²) in [5, 5.41) is 8.89. The van der Waals surface area contributed by atoms with Crippen molar-refractivity contribution < 1.29 is 9.47 Å². The Labute approximate surface area is 111 Å². The lowest BCUT2D eigenvalue weighted by molar-refractivity contribution is 0.291. The van der Waals surface area contributed by atoms with Gasteiger partial charge in [0.1, 0.15) is 0 Å². The Bertz CT molecular complexity index is 416. The number of unbranched alkanes of at least 4 members (excludes halogenated alkanes) is 1. The van der Waals surface area contributed by atoms with Crippen LogP contribution >= 0.6 is 23.2 Å². The van der Waals surface area contributed by atoms with Crippen molar-refractivity contribution >= 4 is 23.2 Å². The molecule has 0 saturated heterocycles. The topological polar surface area (TPSA) is 42.2 Å². The number of benzene rings is 1. The number of nitrogens with zero attached hydrogens (tertiary/aromatic N) is 1. The van der Waals surface area contributed by atoms with Crippen LogP contribution in [0.4, 0.5) is 0 Å². The molecule has 1 aromatic rings. The van der Waals surface area contributed by atoms with Crippen molar-refractivity contribution in [2.75, 3.05) is 13.7 Å². The molecule has 1 rings (SSSR count). The van der Waals surface area contributed by atoms with Crippen LogP contribution in [0.3, 0.4) is 0 Å². The van der Waals surface area contributed by atoms with Crippen LogP contribution < -0.4 is 9.47 Å². The largest absolute Gasteiger partial charge is 0.493 e. The monoisotopic (exact) mass is 273 g/mol. The molecule has 3 nitrogen and oxygen atoms in total. The summed E-state index contributed by atoms with van der Waals surface area (Å²) in [6.45, 7) is 0.434. The molecule has 0 atom stereocenters. The molecule has 0 unspecified atom stereocenters. The maximum absolute atomic E-state index is 8.42. The molecule has 1 aromatic carbocycles. The number of rotatable bonds is 6. The molecule has 0 saturated carbocycles. The first-order valence-corrected chi connectivity index (χ1v) is 6.06. The average molecular weight is 274 g/mol. The quantitative estimate of drug-likeness (QED) is 0.585. The minimum absolute atomic E-state index is 0.366. The summed E-state index contributed by atoms with van der Waals surface area (Å²) in [7, 11) is 1.55. The predicted octanol–water partition coefficient (Wildman–Crippen LogP) is 3.77. The molecule has 0 aliphatic rings. The van der Waals surface area contributed by atoms with Crippen molar-refractivity contribution in [3.05, 3.63) is 22.7 Å². The van der Waals surface area contributed by atoms with E-state index < -0.39 is 0 Å². The normalized spacial score (nSPS) is 9.76. The van der Waals surface area contributed by atoms with Crippen LogP contribution in [-0.2, 0) is 5.88 Å². The lowest BCUT2D eigenvalue weighted by Crippen LogP contribution is -2.00. The van der Waals surface area contributed by atoms with E-state index in [0.717, 1.165) is 5.56 Å². The van der Waals surface area contributed by atoms with Crippen molar-refractivity contribution in [3.63, 3.8) is 0 Å². The van der Waals surface area contributed by atoms with Crippen LogP contribution in [-0.4, -0.2) is 13.7 Å². The maximum Gasteiger partial charge on any atom is 0.179 e. The third-order valence-electron chi connectivity index (χ3n) is 2.12. The fraction of sp³-hybridized carbons (Fsp3) is 0.417. The summed E-state index contributed by atoms with van der Waals surface area (Å²) in [6, 6.07) is 5.59. The Morgan fingerprint density at radius 2 is 2.18 bits per heavy atom. The van der Waals surface area contributed by atoms with Gasteiger partial charge in [0.25, 0.3) is 0 Å². The zero-order valence-corrected chi connectivity index (χ0v) is 11.0. The summed E-state index contributed by atoms with van der Waals surface area (Å²) in [4.78, 5) is 0. The second-order valence-corrected chi connectivity index (χ2v) is 4.03. The highest BCUT2D eigenvalue weighted by molar-refractivity contribution is 6.32. The summed E-state index contributed by atoms with van der Waals surface area (Å²) in [6.07, 6.45) is 1.12. The molecule has 0 amide bonds. The highest BCUT2D eigenvalue weighted by Crippen LogP contribution is 2.36. The zero-order chi connectivity index (χ0) is 12.7. The van der Waals surface area contributed by atoms with Crippen LogP contribution in [0.5, 0.6) is 11.5 Å². The van der Waals surface area contributed by atoms with Crippen LogP contribution in [0.1, 0.15) is 18.4 Å². The summed E-state index contributed by atoms with van der Waals surface area (Å²) in [5.41, 5.74) is 0.873. The van der Waals surface area contributed by atoms with Gasteiger partial charge < -0.3 is 9.47 Å². The summed E-state index contributed by atoms with van der Waals surface area (Å²) >= 11 is 11.8. The summed E-state index contributed by atoms with van der Waals surface area (Å²) < 4.78 is 10.7. The molecular formula is C12H13Cl2NO2. The SMILES string of the molecule is COc1cc(CCl)cc(Cl)c1OCCCC#N. The molecule has 0 spiro atoms. The van der Waals surface area contributed by atoms with E-state index in [2.05, 4.69) is 6.07 Å². The first kappa shape index (κ1) is 14.0. The van der Waals surface area contributed by atoms with Crippen molar-refractivity contribution in [1.82, 2.24) is 0 Å². The van der Waals surface area contributed by atoms with Gasteiger partial charge in [0, 0.05) is 12.3 Å². The molecule has 5 heteroatoms. The van der Waals surface area contributed by atoms with E-state index in [1.165, 1.54) is 0 Å². The maximum atomic E-state index is 8.42. The van der Waals surface area contributed by atoms with Gasteiger partial charge in [-0.1, -0.05) is 11.6 Å². The Hall–Kier alpha value is -1.11. The number of alkyl halides is 1. The Morgan fingerprint density at radius 3 is 2.76 bits per heavy atom. The van der Waals surface area contributed by atoms with Crippen LogP contribution in [0, 0.1) is 11.3 Å². The van der Waals surface area contributed by atoms with Crippen molar-refractivity contribution in [3.8, 4) is 17.6 Å². The highest BCUT2D eigenvalue weighted by Gasteiger charge is 2.11. The molecule has 0 aliphatic heterocycles. The van der Waals surface area contributed by atoms with Crippen molar-refractivity contribution in [2.24, 2.45) is 0 Å². The second-order valence-electron chi connectivity index (χ2n) is 3.35. The van der Waals surface area contributed by atoms with E-state index >= 15 is 0 Å². The van der Waals surface area contributed by atoms with Gasteiger partial charge in [-0.2, -0.15) is 5.26 Å². The minimum Gasteiger partial charge on any atom is -0.493 e. The molecule has 0 bridgehead atoms. The number of hydrogen-bond acceptors (Lipinski definition) is 3. The van der Waals surface area contributed by atoms with Gasteiger partial charge in [-0.3, -0.25) is 0 Å². The van der Waals surface area contributed by atoms with Crippen LogP contribution in [0.15, 0.2) is 12.1 Å². The lowest BCUT2D eigenvalue weighted by Gasteiger charge is -2.13. The van der Waals surface area contributed by atoms with Gasteiger partial charge in [0.2, 0.25) is 0 Å². The Balaban J connectivity index is 2.79. The number of ether oxygens (including phenoxy) is 2. The molecule has 17 heavy (non-hydrogen) atoms. The van der Waals surface area contributed by atoms with E-state index in [0.29, 0.717) is 41.9 Å². The predicted molar refractivity (Wildman–Crippen MR) is 67.9 cm³/mol. The molecule has 92 valence electrons. The van der Waals surface area contributed by atoms with Crippen molar-refractivity contribution in [1.29, 1.82) is 5.26 Å². The number of methoxy groups -OCH3 is 1. The Morgan fingerprint density at radius 1 is 1.41 bits per heavy atom. The van der Waals surface area contributed by atoms with E-state index in [4.69, 9.17) is 37.9 Å². The molecule has 0 radical (unpaired) electrons. The number of nitriles is 1. The lowest BCUT2D eigenvalue weighted by atomic mass is 10.2. The molecule has 0 aromatic heterocycles. The molecule has 0 aliphatic carbocycles. The zero-order valence-electron chi connectivity index (χ0n) is 9.50.